The van der Waals surface area contributed by atoms with Gasteiger partial charge in [-0.2, -0.15) is 0 Å². The summed E-state index contributed by atoms with van der Waals surface area (Å²) in [5, 5.41) is 17.5. The number of nitrogens with zero attached hydrogens (tertiary/aromatic N) is 2. The molecule has 8 heteroatoms. The molecular weight excluding hydrogens is 425 g/mol. The Morgan fingerprint density at radius 2 is 1.88 bits per heavy atom. The predicted octanol–water partition coefficient (Wildman–Crippen LogP) is 4.54. The third kappa shape index (κ3) is 3.43. The topological polar surface area (TPSA) is 104 Å². The lowest BCUT2D eigenvalue weighted by Crippen LogP contribution is -2.08. The Bertz CT molecular complexity index is 951. The van der Waals surface area contributed by atoms with E-state index in [0.29, 0.717) is 10.9 Å². The van der Waals surface area contributed by atoms with Crippen LogP contribution < -0.4 is 0 Å². The molecule has 0 radical (unpaired) electrons. The van der Waals surface area contributed by atoms with E-state index in [1.54, 1.807) is 30.3 Å². The van der Waals surface area contributed by atoms with Crippen LogP contribution in [0, 0.1) is 3.57 Å². The summed E-state index contributed by atoms with van der Waals surface area (Å²) < 4.78 is 5.51. The molecule has 1 aromatic heterocycles. The molecule has 3 aromatic rings. The molecule has 2 N–H and O–H groups in total. The maximum Gasteiger partial charge on any atom is 0.460 e. The van der Waals surface area contributed by atoms with E-state index >= 15 is 0 Å². The van der Waals surface area contributed by atoms with Crippen LogP contribution in [0.15, 0.2) is 58.8 Å². The number of carbonyl (C=O) groups is 2. The zero-order valence-electron chi connectivity index (χ0n) is 12.1. The number of ether oxygens (including phenoxy) is 1. The van der Waals surface area contributed by atoms with Crippen LogP contribution in [0.2, 0.25) is 0 Å². The lowest BCUT2D eigenvalue weighted by molar-refractivity contribution is 0.0636. The lowest BCUT2D eigenvalue weighted by atomic mass is 10.2. The number of fused-ring (bicyclic) bond motifs is 1. The number of H-pyrrole nitrogens is 1. The fourth-order valence-electron chi connectivity index (χ4n) is 2.06. The highest BCUT2D eigenvalue weighted by Gasteiger charge is 2.14. The second-order valence-electron chi connectivity index (χ2n) is 4.73. The molecule has 1 heterocycles. The largest absolute Gasteiger partial charge is 0.493 e. The van der Waals surface area contributed by atoms with Gasteiger partial charge in [-0.1, -0.05) is 23.3 Å². The van der Waals surface area contributed by atoms with E-state index in [4.69, 9.17) is 0 Å². The van der Waals surface area contributed by atoms with Crippen molar-refractivity contribution in [3.63, 3.8) is 0 Å². The molecule has 0 aliphatic carbocycles. The van der Waals surface area contributed by atoms with Crippen molar-refractivity contribution in [2.75, 3.05) is 0 Å². The summed E-state index contributed by atoms with van der Waals surface area (Å²) in [5.41, 5.74) is 0.980. The van der Waals surface area contributed by atoms with Crippen LogP contribution in [0.3, 0.4) is 0 Å². The first-order valence-corrected chi connectivity index (χ1v) is 7.85. The number of nitrogens with one attached hydrogen (secondary N) is 1. The Kier molecular flexibility index (Phi) is 4.56. The van der Waals surface area contributed by atoms with E-state index in [1.807, 2.05) is 6.07 Å². The van der Waals surface area contributed by atoms with Gasteiger partial charge in [0.1, 0.15) is 0 Å². The van der Waals surface area contributed by atoms with Gasteiger partial charge in [0.25, 0.3) is 0 Å². The molecule has 2 aromatic carbocycles. The number of carbonyl (C=O) groups excluding carboxylic acids is 2. The van der Waals surface area contributed by atoms with Crippen molar-refractivity contribution in [2.45, 2.75) is 0 Å². The van der Waals surface area contributed by atoms with E-state index in [9.17, 15) is 14.7 Å². The highest BCUT2D eigenvalue weighted by atomic mass is 127. The third-order valence-electron chi connectivity index (χ3n) is 3.14. The summed E-state index contributed by atoms with van der Waals surface area (Å²) in [5.74, 6) is -1.05. The second-order valence-corrected chi connectivity index (χ2v) is 5.98. The Hall–Kier alpha value is -2.75. The molecule has 0 atom stereocenters. The summed E-state index contributed by atoms with van der Waals surface area (Å²) in [6, 6.07) is 13.5. The van der Waals surface area contributed by atoms with Gasteiger partial charge in [0.05, 0.1) is 11.1 Å². The van der Waals surface area contributed by atoms with E-state index < -0.39 is 12.1 Å². The quantitative estimate of drug-likeness (QED) is 0.267. The number of hydrogen-bond acceptors (Lipinski definition) is 5. The smallest absolute Gasteiger partial charge is 0.460 e. The Morgan fingerprint density at radius 1 is 1.12 bits per heavy atom. The van der Waals surface area contributed by atoms with Gasteiger partial charge in [-0.3, -0.25) is 0 Å². The van der Waals surface area contributed by atoms with E-state index in [1.165, 1.54) is 12.1 Å². The van der Waals surface area contributed by atoms with Gasteiger partial charge < -0.3 is 14.8 Å². The normalized spacial score (nSPS) is 11.0. The molecule has 0 saturated heterocycles. The van der Waals surface area contributed by atoms with E-state index in [-0.39, 0.29) is 17.1 Å². The van der Waals surface area contributed by atoms with Gasteiger partial charge in [0.2, 0.25) is 5.88 Å². The number of esters is 1. The molecule has 120 valence electrons. The van der Waals surface area contributed by atoms with Crippen LogP contribution >= 0.6 is 22.6 Å². The molecular formula is C16H10IN3O4. The van der Waals surface area contributed by atoms with Gasteiger partial charge >= 0.3 is 12.1 Å². The summed E-state index contributed by atoms with van der Waals surface area (Å²) >= 11 is 2.11. The number of hydrogen-bond donors (Lipinski definition) is 2. The van der Waals surface area contributed by atoms with Crippen molar-refractivity contribution < 1.29 is 19.4 Å². The maximum absolute atomic E-state index is 11.7. The molecule has 24 heavy (non-hydrogen) atoms. The molecule has 1 amide bonds. The summed E-state index contributed by atoms with van der Waals surface area (Å²) in [6.07, 6.45) is -1.16. The Labute approximate surface area is 149 Å². The van der Waals surface area contributed by atoms with Gasteiger partial charge in [0, 0.05) is 8.96 Å². The van der Waals surface area contributed by atoms with E-state index in [2.05, 4.69) is 42.5 Å². The van der Waals surface area contributed by atoms with Crippen molar-refractivity contribution in [2.24, 2.45) is 10.2 Å². The molecule has 0 fully saturated rings. The number of aromatic hydroxyl groups is 1. The van der Waals surface area contributed by atoms with Crippen molar-refractivity contribution in [1.82, 2.24) is 4.98 Å². The summed E-state index contributed by atoms with van der Waals surface area (Å²) in [4.78, 5) is 26.1. The van der Waals surface area contributed by atoms with E-state index in [0.717, 1.165) is 3.57 Å². The molecule has 0 aliphatic heterocycles. The zero-order valence-corrected chi connectivity index (χ0v) is 14.2. The fraction of sp³-hybridized carbons (Fsp3) is 0. The predicted molar refractivity (Wildman–Crippen MR) is 94.4 cm³/mol. The summed E-state index contributed by atoms with van der Waals surface area (Å²) in [7, 11) is 0. The molecule has 0 aliphatic rings. The average Bonchev–Trinajstić information content (AvgIpc) is 2.88. The zero-order chi connectivity index (χ0) is 17.1. The minimum atomic E-state index is -1.16. The Balaban J connectivity index is 1.78. The molecule has 0 saturated carbocycles. The van der Waals surface area contributed by atoms with Crippen LogP contribution in [0.5, 0.6) is 5.88 Å². The highest BCUT2D eigenvalue weighted by molar-refractivity contribution is 14.1. The van der Waals surface area contributed by atoms with Crippen molar-refractivity contribution in [1.29, 1.82) is 0 Å². The Morgan fingerprint density at radius 3 is 2.62 bits per heavy atom. The number of halogens is 1. The highest BCUT2D eigenvalue weighted by Crippen LogP contribution is 2.36. The number of aromatic nitrogens is 1. The number of amides is 1. The molecule has 0 unspecified atom stereocenters. The van der Waals surface area contributed by atoms with Crippen LogP contribution in [-0.2, 0) is 4.74 Å². The van der Waals surface area contributed by atoms with Crippen LogP contribution in [0.25, 0.3) is 10.9 Å². The first-order chi connectivity index (χ1) is 11.5. The van der Waals surface area contributed by atoms with Gasteiger partial charge in [-0.15, -0.1) is 5.11 Å². The van der Waals surface area contributed by atoms with Crippen LogP contribution in [0.1, 0.15) is 10.4 Å². The summed E-state index contributed by atoms with van der Waals surface area (Å²) in [6.45, 7) is 0. The van der Waals surface area contributed by atoms with Crippen molar-refractivity contribution in [3.8, 4) is 5.88 Å². The SMILES string of the molecule is O=C(N=Nc1c(O)[nH]c2ccc(I)cc12)OC(=O)c1ccccc1. The first-order valence-electron chi connectivity index (χ1n) is 6.78. The minimum absolute atomic E-state index is 0.104. The molecule has 0 bridgehead atoms. The lowest BCUT2D eigenvalue weighted by Gasteiger charge is -1.98. The van der Waals surface area contributed by atoms with Crippen molar-refractivity contribution in [3.05, 3.63) is 57.7 Å². The van der Waals surface area contributed by atoms with Crippen LogP contribution in [0.4, 0.5) is 10.5 Å². The van der Waals surface area contributed by atoms with Crippen LogP contribution in [-0.4, -0.2) is 22.2 Å². The number of rotatable bonds is 2. The number of azo groups is 1. The maximum atomic E-state index is 11.7. The van der Waals surface area contributed by atoms with Gasteiger partial charge in [0.15, 0.2) is 5.69 Å². The molecule has 3 rings (SSSR count). The molecule has 7 nitrogen and oxygen atoms in total. The number of benzene rings is 2. The number of aromatic amines is 1. The van der Waals surface area contributed by atoms with Crippen molar-refractivity contribution >= 4 is 51.2 Å². The van der Waals surface area contributed by atoms with Gasteiger partial charge in [-0.05, 0) is 52.9 Å². The minimum Gasteiger partial charge on any atom is -0.493 e. The van der Waals surface area contributed by atoms with Gasteiger partial charge in [-0.25, -0.2) is 9.59 Å². The monoisotopic (exact) mass is 435 g/mol. The first kappa shape index (κ1) is 16.1. The molecule has 0 spiro atoms. The average molecular weight is 435 g/mol. The standard InChI is InChI=1S/C16H10IN3O4/c17-10-6-7-12-11(8-10)13(14(21)18-12)19-20-16(23)24-15(22)9-4-2-1-3-5-9/h1-8,18,21H. The third-order valence-corrected chi connectivity index (χ3v) is 3.81. The fourth-order valence-corrected chi connectivity index (χ4v) is 2.55. The second kappa shape index (κ2) is 6.79.